The molecule has 20 heavy (non-hydrogen) atoms. The van der Waals surface area contributed by atoms with E-state index in [-0.39, 0.29) is 23.1 Å². The summed E-state index contributed by atoms with van der Waals surface area (Å²) in [4.78, 5) is 23.2. The molecule has 0 bridgehead atoms. The standard InChI is InChI=1S/C15H21NO4/c1-3-15(4-2,10-17)9-16-13(18)11-7-5-6-8-12(11)14(19)20/h5-8,17H,3-4,9-10H2,1-2H3,(H,16,18)(H,19,20). The second-order valence-electron chi connectivity index (χ2n) is 4.90. The highest BCUT2D eigenvalue weighted by molar-refractivity contribution is 6.04. The number of hydrogen-bond donors (Lipinski definition) is 3. The number of amides is 1. The van der Waals surface area contributed by atoms with Crippen molar-refractivity contribution in [2.75, 3.05) is 13.2 Å². The van der Waals surface area contributed by atoms with Gasteiger partial charge in [0, 0.05) is 12.0 Å². The van der Waals surface area contributed by atoms with Crippen LogP contribution < -0.4 is 5.32 Å². The summed E-state index contributed by atoms with van der Waals surface area (Å²) in [6.07, 6.45) is 1.47. The van der Waals surface area contributed by atoms with Gasteiger partial charge in [0.2, 0.25) is 0 Å². The molecular formula is C15H21NO4. The molecule has 5 heteroatoms. The summed E-state index contributed by atoms with van der Waals surface area (Å²) in [5.41, 5.74) is -0.236. The average Bonchev–Trinajstić information content (AvgIpc) is 2.49. The summed E-state index contributed by atoms with van der Waals surface area (Å²) in [5, 5.41) is 21.2. The fourth-order valence-corrected chi connectivity index (χ4v) is 2.01. The fraction of sp³-hybridized carbons (Fsp3) is 0.467. The van der Waals surface area contributed by atoms with Crippen LogP contribution in [0.5, 0.6) is 0 Å². The number of carboxylic acid groups (broad SMARTS) is 1. The van der Waals surface area contributed by atoms with Gasteiger partial charge in [0.05, 0.1) is 17.7 Å². The lowest BCUT2D eigenvalue weighted by atomic mass is 9.83. The molecule has 0 aliphatic carbocycles. The lowest BCUT2D eigenvalue weighted by Gasteiger charge is -2.29. The molecule has 0 aliphatic rings. The summed E-state index contributed by atoms with van der Waals surface area (Å²) in [7, 11) is 0. The summed E-state index contributed by atoms with van der Waals surface area (Å²) in [5.74, 6) is -1.56. The van der Waals surface area contributed by atoms with Crippen molar-refractivity contribution in [3.05, 3.63) is 35.4 Å². The predicted octanol–water partition coefficient (Wildman–Crippen LogP) is 1.91. The van der Waals surface area contributed by atoms with Crippen LogP contribution in [0.15, 0.2) is 24.3 Å². The lowest BCUT2D eigenvalue weighted by Crippen LogP contribution is -2.39. The highest BCUT2D eigenvalue weighted by Gasteiger charge is 2.26. The number of aliphatic hydroxyl groups is 1. The minimum Gasteiger partial charge on any atom is -0.478 e. The molecule has 0 saturated heterocycles. The van der Waals surface area contributed by atoms with Crippen LogP contribution in [0.3, 0.4) is 0 Å². The Bertz CT molecular complexity index is 472. The van der Waals surface area contributed by atoms with Crippen molar-refractivity contribution in [2.45, 2.75) is 26.7 Å². The Hall–Kier alpha value is -1.88. The SMILES string of the molecule is CCC(CC)(CO)CNC(=O)c1ccccc1C(=O)O. The minimum atomic E-state index is -1.13. The Balaban J connectivity index is 2.85. The van der Waals surface area contributed by atoms with E-state index in [1.807, 2.05) is 13.8 Å². The molecule has 0 unspecified atom stereocenters. The molecule has 0 atom stereocenters. The van der Waals surface area contributed by atoms with Gasteiger partial charge in [0.1, 0.15) is 0 Å². The fourth-order valence-electron chi connectivity index (χ4n) is 2.01. The van der Waals surface area contributed by atoms with E-state index >= 15 is 0 Å². The maximum Gasteiger partial charge on any atom is 0.336 e. The van der Waals surface area contributed by atoms with E-state index in [4.69, 9.17) is 5.11 Å². The number of hydrogen-bond acceptors (Lipinski definition) is 3. The summed E-state index contributed by atoms with van der Waals surface area (Å²) < 4.78 is 0. The first kappa shape index (κ1) is 16.2. The zero-order valence-corrected chi connectivity index (χ0v) is 11.8. The number of carboxylic acids is 1. The van der Waals surface area contributed by atoms with Gasteiger partial charge in [-0.05, 0) is 25.0 Å². The molecule has 1 amide bonds. The molecule has 0 fully saturated rings. The molecule has 0 radical (unpaired) electrons. The molecule has 1 aromatic rings. The van der Waals surface area contributed by atoms with Crippen LogP contribution in [-0.4, -0.2) is 35.2 Å². The van der Waals surface area contributed by atoms with Crippen molar-refractivity contribution < 1.29 is 19.8 Å². The van der Waals surface area contributed by atoms with Crippen LogP contribution in [0.2, 0.25) is 0 Å². The monoisotopic (exact) mass is 279 g/mol. The van der Waals surface area contributed by atoms with Crippen LogP contribution in [-0.2, 0) is 0 Å². The van der Waals surface area contributed by atoms with Gasteiger partial charge in [0.15, 0.2) is 0 Å². The van der Waals surface area contributed by atoms with Crippen molar-refractivity contribution in [3.63, 3.8) is 0 Å². The first-order valence-electron chi connectivity index (χ1n) is 6.71. The molecule has 5 nitrogen and oxygen atoms in total. The average molecular weight is 279 g/mol. The second-order valence-corrected chi connectivity index (χ2v) is 4.90. The van der Waals surface area contributed by atoms with Gasteiger partial charge in [-0.3, -0.25) is 4.79 Å². The molecule has 1 aromatic carbocycles. The minimum absolute atomic E-state index is 0.0130. The first-order chi connectivity index (χ1) is 9.49. The van der Waals surface area contributed by atoms with Gasteiger partial charge in [-0.25, -0.2) is 4.79 Å². The Morgan fingerprint density at radius 2 is 1.70 bits per heavy atom. The van der Waals surface area contributed by atoms with E-state index in [2.05, 4.69) is 5.32 Å². The van der Waals surface area contributed by atoms with Crippen molar-refractivity contribution in [3.8, 4) is 0 Å². The van der Waals surface area contributed by atoms with Crippen molar-refractivity contribution >= 4 is 11.9 Å². The van der Waals surface area contributed by atoms with Crippen molar-refractivity contribution in [1.29, 1.82) is 0 Å². The number of rotatable bonds is 7. The number of aromatic carboxylic acids is 1. The predicted molar refractivity (Wildman–Crippen MR) is 75.8 cm³/mol. The Morgan fingerprint density at radius 1 is 1.15 bits per heavy atom. The van der Waals surface area contributed by atoms with E-state index in [9.17, 15) is 14.7 Å². The second kappa shape index (κ2) is 7.05. The van der Waals surface area contributed by atoms with Gasteiger partial charge in [-0.2, -0.15) is 0 Å². The van der Waals surface area contributed by atoms with Crippen molar-refractivity contribution in [2.24, 2.45) is 5.41 Å². The Morgan fingerprint density at radius 3 is 2.15 bits per heavy atom. The van der Waals surface area contributed by atoms with Crippen LogP contribution in [0.4, 0.5) is 0 Å². The molecular weight excluding hydrogens is 258 g/mol. The van der Waals surface area contributed by atoms with Gasteiger partial charge in [-0.15, -0.1) is 0 Å². The van der Waals surface area contributed by atoms with E-state index in [0.29, 0.717) is 6.54 Å². The van der Waals surface area contributed by atoms with Crippen molar-refractivity contribution in [1.82, 2.24) is 5.32 Å². The van der Waals surface area contributed by atoms with Crippen LogP contribution in [0.25, 0.3) is 0 Å². The quantitative estimate of drug-likeness (QED) is 0.711. The highest BCUT2D eigenvalue weighted by Crippen LogP contribution is 2.24. The zero-order valence-electron chi connectivity index (χ0n) is 11.8. The van der Waals surface area contributed by atoms with Gasteiger partial charge < -0.3 is 15.5 Å². The largest absolute Gasteiger partial charge is 0.478 e. The van der Waals surface area contributed by atoms with Crippen LogP contribution in [0.1, 0.15) is 47.4 Å². The van der Waals surface area contributed by atoms with Crippen LogP contribution in [0, 0.1) is 5.41 Å². The number of aliphatic hydroxyl groups excluding tert-OH is 1. The van der Waals surface area contributed by atoms with Gasteiger partial charge in [0.25, 0.3) is 5.91 Å². The molecule has 0 aromatic heterocycles. The molecule has 110 valence electrons. The molecule has 1 rings (SSSR count). The third-order valence-electron chi connectivity index (χ3n) is 3.86. The number of carbonyl (C=O) groups is 2. The maximum atomic E-state index is 12.1. The van der Waals surface area contributed by atoms with Gasteiger partial charge >= 0.3 is 5.97 Å². The maximum absolute atomic E-state index is 12.1. The van der Waals surface area contributed by atoms with E-state index < -0.39 is 11.9 Å². The molecule has 0 aliphatic heterocycles. The normalized spacial score (nSPS) is 11.2. The highest BCUT2D eigenvalue weighted by atomic mass is 16.4. The Kier molecular flexibility index (Phi) is 5.70. The molecule has 3 N–H and O–H groups in total. The Labute approximate surface area is 118 Å². The molecule has 0 saturated carbocycles. The molecule has 0 spiro atoms. The first-order valence-corrected chi connectivity index (χ1v) is 6.71. The lowest BCUT2D eigenvalue weighted by molar-refractivity contribution is 0.0688. The van der Waals surface area contributed by atoms with Gasteiger partial charge in [-0.1, -0.05) is 26.0 Å². The number of nitrogens with one attached hydrogen (secondary N) is 1. The van der Waals surface area contributed by atoms with E-state index in [1.165, 1.54) is 12.1 Å². The third-order valence-corrected chi connectivity index (χ3v) is 3.86. The number of benzene rings is 1. The summed E-state index contributed by atoms with van der Waals surface area (Å²) in [6, 6.07) is 6.09. The molecule has 0 heterocycles. The summed E-state index contributed by atoms with van der Waals surface area (Å²) >= 11 is 0. The number of carbonyl (C=O) groups excluding carboxylic acids is 1. The topological polar surface area (TPSA) is 86.6 Å². The van der Waals surface area contributed by atoms with E-state index in [1.54, 1.807) is 12.1 Å². The van der Waals surface area contributed by atoms with Crippen LogP contribution >= 0.6 is 0 Å². The van der Waals surface area contributed by atoms with E-state index in [0.717, 1.165) is 12.8 Å². The smallest absolute Gasteiger partial charge is 0.336 e. The summed E-state index contributed by atoms with van der Waals surface area (Å²) in [6.45, 7) is 4.22. The zero-order chi connectivity index (χ0) is 15.2. The third kappa shape index (κ3) is 3.57.